The van der Waals surface area contributed by atoms with Crippen LogP contribution in [0.3, 0.4) is 0 Å². The molecule has 1 amide bonds. The Hall–Kier alpha value is -3.69. The summed E-state index contributed by atoms with van der Waals surface area (Å²) in [5.74, 6) is 0.924. The normalized spacial score (nSPS) is 13.5. The lowest BCUT2D eigenvalue weighted by atomic mass is 9.98. The maximum absolute atomic E-state index is 12.6. The summed E-state index contributed by atoms with van der Waals surface area (Å²) in [7, 11) is 3.28. The number of para-hydroxylation sites is 1. The van der Waals surface area contributed by atoms with Crippen LogP contribution < -0.4 is 20.2 Å². The zero-order valence-corrected chi connectivity index (χ0v) is 19.6. The molecule has 4 aromatic rings. The van der Waals surface area contributed by atoms with E-state index in [1.807, 2.05) is 17.5 Å². The maximum atomic E-state index is 12.6. The van der Waals surface area contributed by atoms with E-state index in [-0.39, 0.29) is 11.2 Å². The number of nitrogens with one attached hydrogen (secondary N) is 1. The Morgan fingerprint density at radius 2 is 1.91 bits per heavy atom. The van der Waals surface area contributed by atoms with Crippen molar-refractivity contribution < 1.29 is 18.7 Å². The van der Waals surface area contributed by atoms with E-state index in [0.717, 1.165) is 36.7 Å². The van der Waals surface area contributed by atoms with E-state index < -0.39 is 5.91 Å². The first-order valence-corrected chi connectivity index (χ1v) is 11.7. The van der Waals surface area contributed by atoms with E-state index in [9.17, 15) is 9.59 Å². The number of nitrogens with zero attached hydrogens (tertiary/aromatic N) is 2. The summed E-state index contributed by atoms with van der Waals surface area (Å²) in [6, 6.07) is 12.1. The lowest BCUT2D eigenvalue weighted by Gasteiger charge is -2.29. The van der Waals surface area contributed by atoms with Crippen LogP contribution in [0.15, 0.2) is 57.1 Å². The van der Waals surface area contributed by atoms with Gasteiger partial charge in [0.1, 0.15) is 5.58 Å². The summed E-state index contributed by atoms with van der Waals surface area (Å²) in [6.07, 6.45) is 0.907. The van der Waals surface area contributed by atoms with E-state index in [1.165, 1.54) is 28.5 Å². The number of hydrogen-bond donors (Lipinski definition) is 1. The van der Waals surface area contributed by atoms with Crippen LogP contribution in [0.25, 0.3) is 11.0 Å². The van der Waals surface area contributed by atoms with Crippen LogP contribution in [0, 0.1) is 0 Å². The Morgan fingerprint density at radius 3 is 2.71 bits per heavy atom. The minimum atomic E-state index is -0.503. The highest BCUT2D eigenvalue weighted by Crippen LogP contribution is 2.33. The summed E-state index contributed by atoms with van der Waals surface area (Å²) >= 11 is 1.34. The minimum Gasteiger partial charge on any atom is -0.493 e. The Kier molecular flexibility index (Phi) is 6.04. The van der Waals surface area contributed by atoms with Gasteiger partial charge in [0, 0.05) is 31.1 Å². The van der Waals surface area contributed by atoms with Crippen LogP contribution >= 0.6 is 11.3 Å². The van der Waals surface area contributed by atoms with Crippen molar-refractivity contribution in [1.82, 2.24) is 9.88 Å². The van der Waals surface area contributed by atoms with Crippen LogP contribution in [0.4, 0.5) is 5.13 Å². The van der Waals surface area contributed by atoms with Crippen LogP contribution in [-0.4, -0.2) is 36.6 Å². The van der Waals surface area contributed by atoms with Crippen molar-refractivity contribution in [2.75, 3.05) is 26.1 Å². The Morgan fingerprint density at radius 1 is 1.15 bits per heavy atom. The van der Waals surface area contributed by atoms with Crippen molar-refractivity contribution in [3.05, 3.63) is 80.6 Å². The number of aromatic nitrogens is 1. The second-order valence-corrected chi connectivity index (χ2v) is 8.86. The molecular formula is C25H23N3O5S. The SMILES string of the molecule is COc1cc2c(cc1OC)CN(Cc1csc(NC(=O)c3cc(=O)c4ccccc4o3)n1)CC2. The van der Waals surface area contributed by atoms with Crippen molar-refractivity contribution in [2.24, 2.45) is 0 Å². The molecule has 0 saturated heterocycles. The number of amides is 1. The summed E-state index contributed by atoms with van der Waals surface area (Å²) < 4.78 is 16.5. The topological polar surface area (TPSA) is 93.9 Å². The smallest absolute Gasteiger partial charge is 0.293 e. The molecular weight excluding hydrogens is 454 g/mol. The lowest BCUT2D eigenvalue weighted by Crippen LogP contribution is -2.30. The fourth-order valence-electron chi connectivity index (χ4n) is 4.12. The zero-order chi connectivity index (χ0) is 23.7. The lowest BCUT2D eigenvalue weighted by molar-refractivity contribution is 0.0997. The number of anilines is 1. The highest BCUT2D eigenvalue weighted by Gasteiger charge is 2.21. The molecule has 1 aliphatic heterocycles. The first-order chi connectivity index (χ1) is 16.5. The third-order valence-electron chi connectivity index (χ3n) is 5.81. The van der Waals surface area contributed by atoms with Crippen LogP contribution in [0.2, 0.25) is 0 Å². The number of hydrogen-bond acceptors (Lipinski definition) is 8. The van der Waals surface area contributed by atoms with E-state index >= 15 is 0 Å². The number of rotatable bonds is 6. The molecule has 0 radical (unpaired) electrons. The van der Waals surface area contributed by atoms with Gasteiger partial charge in [-0.25, -0.2) is 4.98 Å². The number of methoxy groups -OCH3 is 2. The average Bonchev–Trinajstić information content (AvgIpc) is 3.29. The fraction of sp³-hybridized carbons (Fsp3) is 0.240. The molecule has 5 rings (SSSR count). The van der Waals surface area contributed by atoms with Gasteiger partial charge in [-0.1, -0.05) is 12.1 Å². The van der Waals surface area contributed by atoms with E-state index in [2.05, 4.69) is 15.2 Å². The van der Waals surface area contributed by atoms with Crippen LogP contribution in [-0.2, 0) is 19.5 Å². The molecule has 1 aliphatic rings. The van der Waals surface area contributed by atoms with Gasteiger partial charge in [0.05, 0.1) is 25.3 Å². The summed E-state index contributed by atoms with van der Waals surface area (Å²) in [6.45, 7) is 2.33. The van der Waals surface area contributed by atoms with Crippen LogP contribution in [0.1, 0.15) is 27.4 Å². The van der Waals surface area contributed by atoms with E-state index in [0.29, 0.717) is 22.6 Å². The molecule has 3 heterocycles. The van der Waals surface area contributed by atoms with Gasteiger partial charge in [0.2, 0.25) is 0 Å². The molecule has 0 aliphatic carbocycles. The van der Waals surface area contributed by atoms with E-state index in [4.69, 9.17) is 13.9 Å². The number of ether oxygens (including phenoxy) is 2. The first kappa shape index (κ1) is 22.1. The highest BCUT2D eigenvalue weighted by atomic mass is 32.1. The quantitative estimate of drug-likeness (QED) is 0.447. The Labute approximate surface area is 199 Å². The number of carbonyl (C=O) groups excluding carboxylic acids is 1. The molecule has 0 atom stereocenters. The molecule has 2 aromatic carbocycles. The summed E-state index contributed by atoms with van der Waals surface area (Å²) in [5.41, 5.74) is 3.45. The third kappa shape index (κ3) is 4.40. The third-order valence-corrected chi connectivity index (χ3v) is 6.62. The predicted octanol–water partition coefficient (Wildman–Crippen LogP) is 4.08. The van der Waals surface area contributed by atoms with E-state index in [1.54, 1.807) is 38.5 Å². The van der Waals surface area contributed by atoms with Gasteiger partial charge in [-0.15, -0.1) is 11.3 Å². The molecule has 8 nitrogen and oxygen atoms in total. The molecule has 34 heavy (non-hydrogen) atoms. The van der Waals surface area contributed by atoms with Gasteiger partial charge >= 0.3 is 0 Å². The van der Waals surface area contributed by atoms with Crippen molar-refractivity contribution >= 4 is 33.3 Å². The van der Waals surface area contributed by atoms with Gasteiger partial charge < -0.3 is 13.9 Å². The molecule has 0 fully saturated rings. The van der Waals surface area contributed by atoms with Gasteiger partial charge in [0.15, 0.2) is 27.8 Å². The average molecular weight is 478 g/mol. The maximum Gasteiger partial charge on any atom is 0.293 e. The number of carbonyl (C=O) groups is 1. The number of fused-ring (bicyclic) bond motifs is 2. The molecule has 0 unspecified atom stereocenters. The Bertz CT molecular complexity index is 1430. The monoisotopic (exact) mass is 477 g/mol. The molecule has 0 bridgehead atoms. The number of benzene rings is 2. The van der Waals surface area contributed by atoms with Crippen molar-refractivity contribution in [3.8, 4) is 11.5 Å². The second kappa shape index (κ2) is 9.28. The van der Waals surface area contributed by atoms with Gasteiger partial charge in [-0.3, -0.25) is 19.8 Å². The first-order valence-electron chi connectivity index (χ1n) is 10.8. The Balaban J connectivity index is 1.26. The largest absolute Gasteiger partial charge is 0.493 e. The zero-order valence-electron chi connectivity index (χ0n) is 18.8. The molecule has 1 N–H and O–H groups in total. The molecule has 174 valence electrons. The number of thiazole rings is 1. The fourth-order valence-corrected chi connectivity index (χ4v) is 4.81. The van der Waals surface area contributed by atoms with Crippen molar-refractivity contribution in [3.63, 3.8) is 0 Å². The summed E-state index contributed by atoms with van der Waals surface area (Å²) in [5, 5.41) is 5.56. The molecule has 9 heteroatoms. The second-order valence-electron chi connectivity index (χ2n) is 8.01. The summed E-state index contributed by atoms with van der Waals surface area (Å²) in [4.78, 5) is 31.8. The van der Waals surface area contributed by atoms with Gasteiger partial charge in [0.25, 0.3) is 5.91 Å². The standard InChI is InChI=1S/C25H23N3O5S/c1-31-21-9-15-7-8-28(12-16(15)10-22(21)32-2)13-17-14-34-25(26-17)27-24(30)23-11-19(29)18-5-3-4-6-20(18)33-23/h3-6,9-11,14H,7-8,12-13H2,1-2H3,(H,26,27,30). The van der Waals surface area contributed by atoms with Gasteiger partial charge in [-0.2, -0.15) is 0 Å². The molecule has 2 aromatic heterocycles. The molecule has 0 saturated carbocycles. The minimum absolute atomic E-state index is 0.0440. The highest BCUT2D eigenvalue weighted by molar-refractivity contribution is 7.13. The van der Waals surface area contributed by atoms with Crippen LogP contribution in [0.5, 0.6) is 11.5 Å². The predicted molar refractivity (Wildman–Crippen MR) is 130 cm³/mol. The molecule has 0 spiro atoms. The van der Waals surface area contributed by atoms with Gasteiger partial charge in [-0.05, 0) is 41.8 Å². The van der Waals surface area contributed by atoms with Crippen molar-refractivity contribution in [2.45, 2.75) is 19.5 Å². The van der Waals surface area contributed by atoms with Crippen molar-refractivity contribution in [1.29, 1.82) is 0 Å².